The van der Waals surface area contributed by atoms with Gasteiger partial charge in [-0.15, -0.1) is 0 Å². The molecule has 5 nitrogen and oxygen atoms in total. The number of furan rings is 1. The summed E-state index contributed by atoms with van der Waals surface area (Å²) in [7, 11) is 1.39. The number of hydrogen-bond donors (Lipinski definition) is 1. The smallest absolute Gasteiger partial charge is 0.374 e. The lowest BCUT2D eigenvalue weighted by molar-refractivity contribution is 0.0561. The number of ether oxygens (including phenoxy) is 1. The highest BCUT2D eigenvalue weighted by molar-refractivity contribution is 5.92. The van der Waals surface area contributed by atoms with Gasteiger partial charge in [0.2, 0.25) is 5.76 Å². The van der Waals surface area contributed by atoms with Gasteiger partial charge < -0.3 is 9.15 Å². The molecule has 0 aromatic carbocycles. The third kappa shape index (κ3) is 1.47. The van der Waals surface area contributed by atoms with E-state index in [1.165, 1.54) is 12.7 Å². The monoisotopic (exact) mass is 258 g/mol. The van der Waals surface area contributed by atoms with Crippen molar-refractivity contribution in [2.24, 2.45) is 0 Å². The molecule has 2 aromatic rings. The summed E-state index contributed by atoms with van der Waals surface area (Å²) < 4.78 is 10.6. The van der Waals surface area contributed by atoms with Crippen molar-refractivity contribution in [2.45, 2.75) is 31.6 Å². The third-order valence-corrected chi connectivity index (χ3v) is 3.96. The maximum absolute atomic E-state index is 11.9. The van der Waals surface area contributed by atoms with E-state index in [2.05, 4.69) is 10.2 Å². The molecule has 0 spiro atoms. The number of esters is 1. The first-order valence-corrected chi connectivity index (χ1v) is 6.56. The number of nitrogens with zero attached hydrogens (tertiary/aromatic N) is 1. The minimum Gasteiger partial charge on any atom is -0.463 e. The number of hydrogen-bond acceptors (Lipinski definition) is 4. The normalized spacial score (nSPS) is 16.9. The Labute approximate surface area is 109 Å². The van der Waals surface area contributed by atoms with Gasteiger partial charge in [0, 0.05) is 17.5 Å². The highest BCUT2D eigenvalue weighted by Crippen LogP contribution is 2.50. The van der Waals surface area contributed by atoms with Crippen molar-refractivity contribution in [3.05, 3.63) is 28.8 Å². The van der Waals surface area contributed by atoms with Crippen LogP contribution in [-0.4, -0.2) is 23.3 Å². The SMILES string of the molecule is COC(=O)c1oc2c(c1C1CC1)-c1[nH]ncc1CC2. The van der Waals surface area contributed by atoms with Gasteiger partial charge in [-0.2, -0.15) is 5.10 Å². The summed E-state index contributed by atoms with van der Waals surface area (Å²) in [4.78, 5) is 11.9. The van der Waals surface area contributed by atoms with Crippen molar-refractivity contribution >= 4 is 5.97 Å². The fourth-order valence-electron chi connectivity index (χ4n) is 2.91. The minimum absolute atomic E-state index is 0.377. The Kier molecular flexibility index (Phi) is 2.13. The van der Waals surface area contributed by atoms with Crippen molar-refractivity contribution in [3.8, 4) is 11.3 Å². The molecule has 0 saturated heterocycles. The fraction of sp³-hybridized carbons (Fsp3) is 0.429. The topological polar surface area (TPSA) is 68.1 Å². The van der Waals surface area contributed by atoms with Crippen LogP contribution in [0.25, 0.3) is 11.3 Å². The Morgan fingerprint density at radius 2 is 2.32 bits per heavy atom. The lowest BCUT2D eigenvalue weighted by Gasteiger charge is -2.11. The van der Waals surface area contributed by atoms with Crippen LogP contribution in [0, 0.1) is 0 Å². The number of carbonyl (C=O) groups excluding carboxylic acids is 1. The van der Waals surface area contributed by atoms with Gasteiger partial charge in [0.15, 0.2) is 0 Å². The first-order valence-electron chi connectivity index (χ1n) is 6.56. The maximum atomic E-state index is 11.9. The molecule has 98 valence electrons. The second-order valence-electron chi connectivity index (χ2n) is 5.18. The molecule has 0 radical (unpaired) electrons. The number of fused-ring (bicyclic) bond motifs is 3. The zero-order valence-corrected chi connectivity index (χ0v) is 10.7. The summed E-state index contributed by atoms with van der Waals surface area (Å²) in [5.74, 6) is 1.32. The molecule has 1 N–H and O–H groups in total. The Morgan fingerprint density at radius 3 is 3.05 bits per heavy atom. The van der Waals surface area contributed by atoms with Crippen molar-refractivity contribution in [2.75, 3.05) is 7.11 Å². The Balaban J connectivity index is 1.96. The lowest BCUT2D eigenvalue weighted by Crippen LogP contribution is -2.03. The first-order chi connectivity index (χ1) is 9.29. The van der Waals surface area contributed by atoms with Gasteiger partial charge in [-0.25, -0.2) is 4.79 Å². The number of carbonyl (C=O) groups is 1. The molecule has 2 aromatic heterocycles. The largest absolute Gasteiger partial charge is 0.463 e. The van der Waals surface area contributed by atoms with Gasteiger partial charge in [0.1, 0.15) is 5.76 Å². The molecule has 2 heterocycles. The predicted molar refractivity (Wildman–Crippen MR) is 67.0 cm³/mol. The molecule has 2 aliphatic carbocycles. The molecule has 0 bridgehead atoms. The van der Waals surface area contributed by atoms with Crippen molar-refractivity contribution in [3.63, 3.8) is 0 Å². The molecule has 2 aliphatic rings. The van der Waals surface area contributed by atoms with E-state index < -0.39 is 0 Å². The van der Waals surface area contributed by atoms with Crippen LogP contribution in [0.5, 0.6) is 0 Å². The zero-order chi connectivity index (χ0) is 13.0. The van der Waals surface area contributed by atoms with Crippen LogP contribution in [0.1, 0.15) is 46.2 Å². The molecule has 1 saturated carbocycles. The van der Waals surface area contributed by atoms with Crippen LogP contribution in [-0.2, 0) is 17.6 Å². The molecule has 0 aliphatic heterocycles. The quantitative estimate of drug-likeness (QED) is 0.840. The van der Waals surface area contributed by atoms with E-state index >= 15 is 0 Å². The van der Waals surface area contributed by atoms with Gasteiger partial charge in [0.25, 0.3) is 0 Å². The maximum Gasteiger partial charge on any atom is 0.374 e. The highest BCUT2D eigenvalue weighted by atomic mass is 16.5. The summed E-state index contributed by atoms with van der Waals surface area (Å²) in [6.45, 7) is 0. The summed E-state index contributed by atoms with van der Waals surface area (Å²) in [6, 6.07) is 0. The first kappa shape index (κ1) is 10.8. The van der Waals surface area contributed by atoms with Gasteiger partial charge in [-0.1, -0.05) is 0 Å². The van der Waals surface area contributed by atoms with Gasteiger partial charge in [-0.05, 0) is 30.7 Å². The Hall–Kier alpha value is -2.04. The number of nitrogens with one attached hydrogen (secondary N) is 1. The molecular weight excluding hydrogens is 244 g/mol. The average Bonchev–Trinajstić information content (AvgIpc) is 3.03. The highest BCUT2D eigenvalue weighted by Gasteiger charge is 2.38. The van der Waals surface area contributed by atoms with Crippen LogP contribution in [0.4, 0.5) is 0 Å². The summed E-state index contributed by atoms with van der Waals surface area (Å²) >= 11 is 0. The summed E-state index contributed by atoms with van der Waals surface area (Å²) in [5, 5.41) is 7.16. The number of aromatic amines is 1. The van der Waals surface area contributed by atoms with E-state index in [0.717, 1.165) is 48.3 Å². The molecule has 5 heteroatoms. The van der Waals surface area contributed by atoms with Crippen LogP contribution >= 0.6 is 0 Å². The van der Waals surface area contributed by atoms with E-state index in [0.29, 0.717) is 11.7 Å². The Bertz CT molecular complexity index is 664. The predicted octanol–water partition coefficient (Wildman–Crippen LogP) is 2.43. The van der Waals surface area contributed by atoms with Crippen LogP contribution in [0.15, 0.2) is 10.6 Å². The molecular formula is C14H14N2O3. The number of aromatic nitrogens is 2. The lowest BCUT2D eigenvalue weighted by atomic mass is 9.91. The molecule has 4 rings (SSSR count). The zero-order valence-electron chi connectivity index (χ0n) is 10.7. The average molecular weight is 258 g/mol. The van der Waals surface area contributed by atoms with Crippen LogP contribution < -0.4 is 0 Å². The number of H-pyrrole nitrogens is 1. The standard InChI is InChI=1S/C14H14N2O3/c1-18-14(17)13-10(7-2-3-7)11-9(19-13)5-4-8-6-15-16-12(8)11/h6-7H,2-5H2,1H3,(H,15,16). The molecule has 0 amide bonds. The van der Waals surface area contributed by atoms with E-state index in [1.54, 1.807) is 0 Å². The molecule has 0 unspecified atom stereocenters. The van der Waals surface area contributed by atoms with Gasteiger partial charge in [0.05, 0.1) is 19.0 Å². The second kappa shape index (κ2) is 3.73. The minimum atomic E-state index is -0.377. The van der Waals surface area contributed by atoms with Crippen LogP contribution in [0.2, 0.25) is 0 Å². The van der Waals surface area contributed by atoms with Crippen LogP contribution in [0.3, 0.4) is 0 Å². The van der Waals surface area contributed by atoms with Gasteiger partial charge >= 0.3 is 5.97 Å². The number of aryl methyl sites for hydroxylation is 2. The molecule has 1 fully saturated rings. The van der Waals surface area contributed by atoms with E-state index in [4.69, 9.17) is 9.15 Å². The third-order valence-electron chi connectivity index (χ3n) is 3.96. The Morgan fingerprint density at radius 1 is 1.47 bits per heavy atom. The van der Waals surface area contributed by atoms with E-state index in [-0.39, 0.29) is 5.97 Å². The summed E-state index contributed by atoms with van der Waals surface area (Å²) in [6.07, 6.45) is 5.80. The van der Waals surface area contributed by atoms with E-state index in [1.807, 2.05) is 6.20 Å². The second-order valence-corrected chi connectivity index (χ2v) is 5.18. The number of methoxy groups -OCH3 is 1. The summed E-state index contributed by atoms with van der Waals surface area (Å²) in [5.41, 5.74) is 4.29. The number of rotatable bonds is 2. The van der Waals surface area contributed by atoms with Crippen molar-refractivity contribution in [1.29, 1.82) is 0 Å². The molecule has 0 atom stereocenters. The van der Waals surface area contributed by atoms with Crippen molar-refractivity contribution in [1.82, 2.24) is 10.2 Å². The van der Waals surface area contributed by atoms with Crippen molar-refractivity contribution < 1.29 is 13.9 Å². The van der Waals surface area contributed by atoms with Gasteiger partial charge in [-0.3, -0.25) is 5.10 Å². The van der Waals surface area contributed by atoms with E-state index in [9.17, 15) is 4.79 Å². The molecule has 19 heavy (non-hydrogen) atoms. The fourth-order valence-corrected chi connectivity index (χ4v) is 2.91.